The van der Waals surface area contributed by atoms with Crippen molar-refractivity contribution in [1.82, 2.24) is 15.0 Å². The first-order valence-corrected chi connectivity index (χ1v) is 8.98. The van der Waals surface area contributed by atoms with Crippen LogP contribution in [-0.4, -0.2) is 28.1 Å². The molecule has 1 N–H and O–H groups in total. The lowest BCUT2D eigenvalue weighted by atomic mass is 10.00. The summed E-state index contributed by atoms with van der Waals surface area (Å²) in [6.07, 6.45) is 3.34. The average molecular weight is 401 g/mol. The van der Waals surface area contributed by atoms with E-state index in [1.165, 1.54) is 18.5 Å². The van der Waals surface area contributed by atoms with E-state index >= 15 is 0 Å². The topological polar surface area (TPSA) is 59.9 Å². The Kier molecular flexibility index (Phi) is 7.75. The summed E-state index contributed by atoms with van der Waals surface area (Å²) in [5, 5.41) is 3.33. The molecule has 0 aliphatic carbocycles. The Hall–Kier alpha value is -2.67. The molecule has 0 aliphatic heterocycles. The maximum absolute atomic E-state index is 13.5. The van der Waals surface area contributed by atoms with Crippen molar-refractivity contribution in [2.45, 2.75) is 26.7 Å². The summed E-state index contributed by atoms with van der Waals surface area (Å²) >= 11 is 0. The maximum Gasteiger partial charge on any atom is 0.129 e. The van der Waals surface area contributed by atoms with Crippen LogP contribution >= 0.6 is 13.5 Å². The van der Waals surface area contributed by atoms with E-state index in [4.69, 9.17) is 4.74 Å². The van der Waals surface area contributed by atoms with Crippen LogP contribution in [0.4, 0.5) is 10.2 Å². The predicted molar refractivity (Wildman–Crippen MR) is 115 cm³/mol. The standard InChI is InChI=1S/C21H23FN4O.H2S/c1-4-27-20-9-17(22)7-8-18(20)14(2)11-24-21-10-19(25-13-26-21)16-6-5-15(3)23-12-16;/h5-10,12-14H,4,11H2,1-3H3,(H,24,25,26);1H2/t14-;/m1./s1. The summed E-state index contributed by atoms with van der Waals surface area (Å²) in [6, 6.07) is 10.5. The van der Waals surface area contributed by atoms with E-state index in [0.717, 1.165) is 28.3 Å². The Bertz CT molecular complexity index is 905. The van der Waals surface area contributed by atoms with Crippen molar-refractivity contribution < 1.29 is 9.13 Å². The van der Waals surface area contributed by atoms with Gasteiger partial charge in [0.2, 0.25) is 0 Å². The molecule has 28 heavy (non-hydrogen) atoms. The summed E-state index contributed by atoms with van der Waals surface area (Å²) in [4.78, 5) is 12.9. The number of nitrogens with one attached hydrogen (secondary N) is 1. The Morgan fingerprint density at radius 1 is 1.11 bits per heavy atom. The minimum Gasteiger partial charge on any atom is -0.493 e. The summed E-state index contributed by atoms with van der Waals surface area (Å²) in [6.45, 7) is 7.03. The molecule has 0 unspecified atom stereocenters. The van der Waals surface area contributed by atoms with Gasteiger partial charge in [-0.1, -0.05) is 13.0 Å². The van der Waals surface area contributed by atoms with Gasteiger partial charge < -0.3 is 10.1 Å². The highest BCUT2D eigenvalue weighted by molar-refractivity contribution is 7.59. The Balaban J connectivity index is 0.00000280. The quantitative estimate of drug-likeness (QED) is 0.622. The fourth-order valence-corrected chi connectivity index (χ4v) is 2.79. The molecule has 2 heterocycles. The monoisotopic (exact) mass is 400 g/mol. The molecule has 5 nitrogen and oxygen atoms in total. The van der Waals surface area contributed by atoms with Gasteiger partial charge in [0.05, 0.1) is 12.3 Å². The SMILES string of the molecule is CCOc1cc(F)ccc1[C@H](C)CNc1cc(-c2ccc(C)nc2)ncn1.S. The number of benzene rings is 1. The molecule has 0 amide bonds. The first-order chi connectivity index (χ1) is 13.1. The van der Waals surface area contributed by atoms with Gasteiger partial charge in [-0.05, 0) is 37.6 Å². The van der Waals surface area contributed by atoms with Gasteiger partial charge in [0.1, 0.15) is 23.7 Å². The maximum atomic E-state index is 13.5. The first kappa shape index (κ1) is 21.6. The summed E-state index contributed by atoms with van der Waals surface area (Å²) in [7, 11) is 0. The molecule has 3 rings (SSSR count). The van der Waals surface area contributed by atoms with Gasteiger partial charge in [-0.15, -0.1) is 0 Å². The summed E-state index contributed by atoms with van der Waals surface area (Å²) < 4.78 is 19.1. The van der Waals surface area contributed by atoms with E-state index < -0.39 is 0 Å². The molecule has 1 aromatic carbocycles. The fraction of sp³-hybridized carbons (Fsp3) is 0.286. The van der Waals surface area contributed by atoms with E-state index in [1.54, 1.807) is 12.3 Å². The van der Waals surface area contributed by atoms with E-state index in [-0.39, 0.29) is 25.2 Å². The Labute approximate surface area is 171 Å². The zero-order chi connectivity index (χ0) is 19.2. The van der Waals surface area contributed by atoms with Gasteiger partial charge in [0.25, 0.3) is 0 Å². The Morgan fingerprint density at radius 3 is 2.64 bits per heavy atom. The number of pyridine rings is 1. The fourth-order valence-electron chi connectivity index (χ4n) is 2.79. The molecule has 0 fully saturated rings. The number of hydrogen-bond donors (Lipinski definition) is 1. The lowest BCUT2D eigenvalue weighted by molar-refractivity contribution is 0.333. The molecule has 1 atom stereocenters. The highest BCUT2D eigenvalue weighted by atomic mass is 32.1. The molecular weight excluding hydrogens is 375 g/mol. The number of halogens is 1. The number of nitrogens with zero attached hydrogens (tertiary/aromatic N) is 3. The zero-order valence-corrected chi connectivity index (χ0v) is 17.2. The van der Waals surface area contributed by atoms with Crippen LogP contribution in [0.2, 0.25) is 0 Å². The third-order valence-electron chi connectivity index (χ3n) is 4.27. The molecule has 0 aliphatic rings. The Morgan fingerprint density at radius 2 is 1.93 bits per heavy atom. The minimum atomic E-state index is -0.297. The van der Waals surface area contributed by atoms with Crippen LogP contribution in [0.25, 0.3) is 11.3 Å². The summed E-state index contributed by atoms with van der Waals surface area (Å²) in [5.41, 5.74) is 3.67. The third kappa shape index (κ3) is 5.42. The normalized spacial score (nSPS) is 11.4. The van der Waals surface area contributed by atoms with Gasteiger partial charge in [0.15, 0.2) is 0 Å². The lowest BCUT2D eigenvalue weighted by Crippen LogP contribution is -2.12. The van der Waals surface area contributed by atoms with Gasteiger partial charge in [0, 0.05) is 42.0 Å². The van der Waals surface area contributed by atoms with Gasteiger partial charge in [-0.2, -0.15) is 13.5 Å². The van der Waals surface area contributed by atoms with Gasteiger partial charge >= 0.3 is 0 Å². The van der Waals surface area contributed by atoms with E-state index in [2.05, 4.69) is 27.2 Å². The van der Waals surface area contributed by atoms with Crippen molar-refractivity contribution in [3.05, 3.63) is 66.0 Å². The second kappa shape index (κ2) is 10.0. The molecule has 0 radical (unpaired) electrons. The van der Waals surface area contributed by atoms with Crippen LogP contribution in [0, 0.1) is 12.7 Å². The van der Waals surface area contributed by atoms with Crippen LogP contribution < -0.4 is 10.1 Å². The van der Waals surface area contributed by atoms with Crippen molar-refractivity contribution in [3.63, 3.8) is 0 Å². The summed E-state index contributed by atoms with van der Waals surface area (Å²) in [5.74, 6) is 1.13. The van der Waals surface area contributed by atoms with Crippen LogP contribution in [0.1, 0.15) is 31.0 Å². The van der Waals surface area contributed by atoms with Crippen LogP contribution in [0.15, 0.2) is 48.9 Å². The average Bonchev–Trinajstić information content (AvgIpc) is 2.67. The van der Waals surface area contributed by atoms with Crippen molar-refractivity contribution in [2.75, 3.05) is 18.5 Å². The highest BCUT2D eigenvalue weighted by Crippen LogP contribution is 2.28. The van der Waals surface area contributed by atoms with Crippen LogP contribution in [0.5, 0.6) is 5.75 Å². The zero-order valence-electron chi connectivity index (χ0n) is 16.2. The molecule has 0 saturated heterocycles. The lowest BCUT2D eigenvalue weighted by Gasteiger charge is -2.17. The number of anilines is 1. The van der Waals surface area contributed by atoms with Crippen molar-refractivity contribution in [1.29, 1.82) is 0 Å². The van der Waals surface area contributed by atoms with E-state index in [1.807, 2.05) is 32.0 Å². The minimum absolute atomic E-state index is 0. The van der Waals surface area contributed by atoms with Crippen LogP contribution in [0.3, 0.4) is 0 Å². The number of hydrogen-bond acceptors (Lipinski definition) is 5. The number of rotatable bonds is 7. The molecular formula is C21H25FN4OS. The van der Waals surface area contributed by atoms with E-state index in [0.29, 0.717) is 18.9 Å². The largest absolute Gasteiger partial charge is 0.493 e. The number of ether oxygens (including phenoxy) is 1. The molecule has 0 spiro atoms. The molecule has 2 aromatic heterocycles. The van der Waals surface area contributed by atoms with Crippen molar-refractivity contribution in [2.24, 2.45) is 0 Å². The smallest absolute Gasteiger partial charge is 0.129 e. The molecule has 3 aromatic rings. The highest BCUT2D eigenvalue weighted by Gasteiger charge is 2.13. The van der Waals surface area contributed by atoms with Crippen molar-refractivity contribution in [3.8, 4) is 17.0 Å². The number of aryl methyl sites for hydroxylation is 1. The van der Waals surface area contributed by atoms with Gasteiger partial charge in [-0.3, -0.25) is 4.98 Å². The molecule has 0 saturated carbocycles. The first-order valence-electron chi connectivity index (χ1n) is 8.98. The van der Waals surface area contributed by atoms with Crippen LogP contribution in [-0.2, 0) is 0 Å². The molecule has 148 valence electrons. The second-order valence-corrected chi connectivity index (χ2v) is 6.37. The molecule has 7 heteroatoms. The van der Waals surface area contributed by atoms with E-state index in [9.17, 15) is 4.39 Å². The van der Waals surface area contributed by atoms with Crippen molar-refractivity contribution >= 4 is 19.3 Å². The molecule has 0 bridgehead atoms. The van der Waals surface area contributed by atoms with Gasteiger partial charge in [-0.25, -0.2) is 14.4 Å². The predicted octanol–water partition coefficient (Wildman–Crippen LogP) is 4.71. The second-order valence-electron chi connectivity index (χ2n) is 6.37. The number of aromatic nitrogens is 3. The third-order valence-corrected chi connectivity index (χ3v) is 4.27.